The van der Waals surface area contributed by atoms with E-state index >= 15 is 0 Å². The molecule has 0 spiro atoms. The Morgan fingerprint density at radius 1 is 0.628 bits per heavy atom. The molecule has 43 heavy (non-hydrogen) atoms. The topological polar surface area (TPSA) is 47.3 Å². The highest BCUT2D eigenvalue weighted by Crippen LogP contribution is 2.39. The lowest BCUT2D eigenvalue weighted by molar-refractivity contribution is 0.00988. The lowest BCUT2D eigenvalue weighted by Gasteiger charge is -2.42. The zero-order valence-corrected chi connectivity index (χ0v) is 24.2. The second-order valence-electron chi connectivity index (χ2n) is 11.5. The fraction of sp³-hybridized carbons (Fsp3) is 0.205. The van der Waals surface area contributed by atoms with Crippen molar-refractivity contribution in [3.63, 3.8) is 0 Å². The molecule has 1 heterocycles. The highest BCUT2D eigenvalue weighted by Gasteiger charge is 2.38. The molecule has 4 heteroatoms. The van der Waals surface area contributed by atoms with Gasteiger partial charge in [-0.2, -0.15) is 0 Å². The maximum absolute atomic E-state index is 6.43. The summed E-state index contributed by atoms with van der Waals surface area (Å²) >= 11 is 0. The third-order valence-electron chi connectivity index (χ3n) is 8.70. The van der Waals surface area contributed by atoms with Crippen LogP contribution in [0.4, 0.5) is 0 Å². The van der Waals surface area contributed by atoms with Gasteiger partial charge in [0.05, 0.1) is 18.2 Å². The molecule has 1 fully saturated rings. The van der Waals surface area contributed by atoms with E-state index in [0.29, 0.717) is 18.5 Å². The third kappa shape index (κ3) is 5.77. The highest BCUT2D eigenvalue weighted by atomic mass is 16.5. The minimum Gasteiger partial charge on any atom is -0.436 e. The monoisotopic (exact) mass is 564 g/mol. The molecule has 6 aromatic rings. The van der Waals surface area contributed by atoms with Gasteiger partial charge in [0.15, 0.2) is 5.58 Å². The number of hydrogen-bond donors (Lipinski definition) is 1. The summed E-state index contributed by atoms with van der Waals surface area (Å²) in [5.41, 5.74) is 7.17. The first-order valence-corrected chi connectivity index (χ1v) is 15.3. The average Bonchev–Trinajstić information content (AvgIpc) is 3.53. The second kappa shape index (κ2) is 12.4. The Bertz CT molecular complexity index is 1610. The lowest BCUT2D eigenvalue weighted by atomic mass is 9.75. The van der Waals surface area contributed by atoms with E-state index in [1.165, 1.54) is 16.7 Å². The van der Waals surface area contributed by atoms with Gasteiger partial charge in [-0.15, -0.1) is 0 Å². The van der Waals surface area contributed by atoms with E-state index in [2.05, 4.69) is 126 Å². The average molecular weight is 565 g/mol. The van der Waals surface area contributed by atoms with Crippen molar-refractivity contribution in [3.8, 4) is 11.5 Å². The molecule has 1 aromatic heterocycles. The summed E-state index contributed by atoms with van der Waals surface area (Å²) in [5, 5.41) is 4.17. The van der Waals surface area contributed by atoms with Crippen LogP contribution >= 0.6 is 0 Å². The number of oxazole rings is 1. The van der Waals surface area contributed by atoms with Crippen LogP contribution in [0.5, 0.6) is 0 Å². The standard InChI is InChI=1S/C39H36N2O2/c1-4-12-31(13-5-1)39(32-14-6-2-7-15-32,33-16-8-3-9-17-33)41-34-24-26-35(27-25-34)42-28-29-20-22-30(23-21-29)38-40-36-18-10-11-19-37(36)43-38/h1-23,34-35,41H,24-28H2/t34-,35-. The summed E-state index contributed by atoms with van der Waals surface area (Å²) < 4.78 is 12.4. The van der Waals surface area contributed by atoms with Gasteiger partial charge < -0.3 is 9.15 Å². The molecule has 1 saturated carbocycles. The van der Waals surface area contributed by atoms with E-state index in [1.54, 1.807) is 0 Å². The Kier molecular flexibility index (Phi) is 7.87. The molecule has 5 aromatic carbocycles. The number of benzene rings is 5. The van der Waals surface area contributed by atoms with Crippen molar-refractivity contribution in [2.45, 2.75) is 50.0 Å². The molecule has 0 aliphatic heterocycles. The van der Waals surface area contributed by atoms with Crippen molar-refractivity contribution < 1.29 is 9.15 Å². The van der Waals surface area contributed by atoms with E-state index in [4.69, 9.17) is 9.15 Å². The molecule has 1 aliphatic carbocycles. The summed E-state index contributed by atoms with van der Waals surface area (Å²) in [6.07, 6.45) is 4.46. The summed E-state index contributed by atoms with van der Waals surface area (Å²) in [7, 11) is 0. The maximum atomic E-state index is 6.43. The van der Waals surface area contributed by atoms with E-state index in [9.17, 15) is 0 Å². The molecule has 1 N–H and O–H groups in total. The van der Waals surface area contributed by atoms with Crippen LogP contribution in [0.15, 0.2) is 144 Å². The number of para-hydroxylation sites is 2. The fourth-order valence-corrected chi connectivity index (χ4v) is 6.45. The van der Waals surface area contributed by atoms with Crippen LogP contribution in [0.2, 0.25) is 0 Å². The van der Waals surface area contributed by atoms with Crippen molar-refractivity contribution in [2.75, 3.05) is 0 Å². The minimum atomic E-state index is -0.432. The Morgan fingerprint density at radius 3 is 1.72 bits per heavy atom. The molecule has 1 aliphatic rings. The molecule has 7 rings (SSSR count). The van der Waals surface area contributed by atoms with E-state index < -0.39 is 5.54 Å². The lowest BCUT2D eigenvalue weighted by Crippen LogP contribution is -2.51. The number of aromatic nitrogens is 1. The minimum absolute atomic E-state index is 0.259. The smallest absolute Gasteiger partial charge is 0.227 e. The van der Waals surface area contributed by atoms with Crippen LogP contribution in [0, 0.1) is 0 Å². The van der Waals surface area contributed by atoms with Crippen molar-refractivity contribution in [3.05, 3.63) is 162 Å². The van der Waals surface area contributed by atoms with Gasteiger partial charge in [0.2, 0.25) is 5.89 Å². The first-order valence-electron chi connectivity index (χ1n) is 15.3. The van der Waals surface area contributed by atoms with Crippen LogP contribution < -0.4 is 5.32 Å². The largest absolute Gasteiger partial charge is 0.436 e. The molecule has 0 unspecified atom stereocenters. The Hall–Kier alpha value is -4.51. The van der Waals surface area contributed by atoms with Crippen molar-refractivity contribution in [2.24, 2.45) is 0 Å². The van der Waals surface area contributed by atoms with Crippen LogP contribution in [0.1, 0.15) is 47.9 Å². The number of ether oxygens (including phenoxy) is 1. The zero-order valence-electron chi connectivity index (χ0n) is 24.2. The normalized spacial score (nSPS) is 17.2. The summed E-state index contributed by atoms with van der Waals surface area (Å²) in [6.45, 7) is 0.610. The van der Waals surface area contributed by atoms with Gasteiger partial charge in [-0.3, -0.25) is 5.32 Å². The molecule has 0 radical (unpaired) electrons. The molecule has 0 atom stereocenters. The maximum Gasteiger partial charge on any atom is 0.227 e. The number of fused-ring (bicyclic) bond motifs is 1. The van der Waals surface area contributed by atoms with Crippen molar-refractivity contribution in [1.29, 1.82) is 0 Å². The van der Waals surface area contributed by atoms with Crippen LogP contribution in [0.25, 0.3) is 22.6 Å². The van der Waals surface area contributed by atoms with Gasteiger partial charge in [-0.1, -0.05) is 115 Å². The second-order valence-corrected chi connectivity index (χ2v) is 11.5. The molecule has 0 bridgehead atoms. The van der Waals surface area contributed by atoms with Crippen molar-refractivity contribution >= 4 is 11.1 Å². The molecule has 0 saturated heterocycles. The van der Waals surface area contributed by atoms with Gasteiger partial charge in [0, 0.05) is 11.6 Å². The predicted molar refractivity (Wildman–Crippen MR) is 173 cm³/mol. The number of nitrogens with zero attached hydrogens (tertiary/aromatic N) is 1. The fourth-order valence-electron chi connectivity index (χ4n) is 6.45. The summed E-state index contributed by atoms with van der Waals surface area (Å²) in [6, 6.07) is 49.2. The van der Waals surface area contributed by atoms with Crippen LogP contribution in [-0.2, 0) is 16.9 Å². The van der Waals surface area contributed by atoms with Crippen molar-refractivity contribution in [1.82, 2.24) is 10.3 Å². The number of hydrogen-bond acceptors (Lipinski definition) is 4. The molecule has 0 amide bonds. The SMILES string of the molecule is c1ccc(C(N[C@H]2CC[C@H](OCc3ccc(-c4nc5ccccc5o4)cc3)CC2)(c2ccccc2)c2ccccc2)cc1. The zero-order chi connectivity index (χ0) is 28.9. The van der Waals surface area contributed by atoms with Crippen LogP contribution in [-0.4, -0.2) is 17.1 Å². The van der Waals surface area contributed by atoms with Gasteiger partial charge in [-0.25, -0.2) is 4.98 Å². The van der Waals surface area contributed by atoms with Gasteiger partial charge in [0.25, 0.3) is 0 Å². The third-order valence-corrected chi connectivity index (χ3v) is 8.70. The molecule has 214 valence electrons. The predicted octanol–water partition coefficient (Wildman–Crippen LogP) is 8.90. The number of nitrogens with one attached hydrogen (secondary N) is 1. The molecular weight excluding hydrogens is 528 g/mol. The van der Waals surface area contributed by atoms with Crippen LogP contribution in [0.3, 0.4) is 0 Å². The van der Waals surface area contributed by atoms with Gasteiger partial charge in [0.1, 0.15) is 5.52 Å². The van der Waals surface area contributed by atoms with Gasteiger partial charge >= 0.3 is 0 Å². The van der Waals surface area contributed by atoms with E-state index in [-0.39, 0.29) is 6.10 Å². The first-order chi connectivity index (χ1) is 21.3. The molecular formula is C39H36N2O2. The first kappa shape index (κ1) is 27.3. The Balaban J connectivity index is 1.03. The number of rotatable bonds is 9. The Labute approximate surface area is 253 Å². The summed E-state index contributed by atoms with van der Waals surface area (Å²) in [4.78, 5) is 4.62. The summed E-state index contributed by atoms with van der Waals surface area (Å²) in [5.74, 6) is 0.650. The Morgan fingerprint density at radius 2 is 1.16 bits per heavy atom. The van der Waals surface area contributed by atoms with E-state index in [1.807, 2.05) is 24.3 Å². The molecule has 4 nitrogen and oxygen atoms in total. The highest BCUT2D eigenvalue weighted by molar-refractivity contribution is 5.76. The van der Waals surface area contributed by atoms with E-state index in [0.717, 1.165) is 47.9 Å². The van der Waals surface area contributed by atoms with Gasteiger partial charge in [-0.05, 0) is 72.2 Å². The quantitative estimate of drug-likeness (QED) is 0.178.